The van der Waals surface area contributed by atoms with Gasteiger partial charge in [0.05, 0.1) is 0 Å². The van der Waals surface area contributed by atoms with E-state index in [4.69, 9.17) is 4.74 Å². The van der Waals surface area contributed by atoms with Crippen molar-refractivity contribution in [1.29, 1.82) is 0 Å². The van der Waals surface area contributed by atoms with Gasteiger partial charge in [-0.15, -0.1) is 0 Å². The molecule has 1 aromatic carbocycles. The molecule has 0 radical (unpaired) electrons. The van der Waals surface area contributed by atoms with Gasteiger partial charge in [-0.25, -0.2) is 4.79 Å². The number of benzene rings is 1. The highest BCUT2D eigenvalue weighted by atomic mass is 79.9. The highest BCUT2D eigenvalue weighted by Crippen LogP contribution is 2.12. The van der Waals surface area contributed by atoms with Crippen LogP contribution in [0.2, 0.25) is 0 Å². The van der Waals surface area contributed by atoms with E-state index in [1.807, 2.05) is 45.0 Å². The van der Waals surface area contributed by atoms with Crippen molar-refractivity contribution in [2.75, 3.05) is 0 Å². The van der Waals surface area contributed by atoms with Crippen LogP contribution < -0.4 is 5.32 Å². The van der Waals surface area contributed by atoms with Crippen molar-refractivity contribution in [1.82, 2.24) is 5.32 Å². The molecule has 16 heavy (non-hydrogen) atoms. The van der Waals surface area contributed by atoms with Crippen LogP contribution in [0, 0.1) is 0 Å². The molecule has 88 valence electrons. The summed E-state index contributed by atoms with van der Waals surface area (Å²) in [4.78, 5) is 11.4. The Morgan fingerprint density at radius 1 is 1.44 bits per heavy atom. The first kappa shape index (κ1) is 13.0. The monoisotopic (exact) mass is 285 g/mol. The Labute approximate surface area is 104 Å². The second kappa shape index (κ2) is 5.34. The number of hydrogen-bond acceptors (Lipinski definition) is 2. The molecule has 1 N–H and O–H groups in total. The summed E-state index contributed by atoms with van der Waals surface area (Å²) in [6.45, 7) is 6.01. The minimum atomic E-state index is -0.396. The van der Waals surface area contributed by atoms with E-state index < -0.39 is 6.09 Å². The first-order valence-electron chi connectivity index (χ1n) is 5.06. The van der Waals surface area contributed by atoms with E-state index in [0.717, 1.165) is 10.0 Å². The van der Waals surface area contributed by atoms with Gasteiger partial charge in [0.25, 0.3) is 0 Å². The summed E-state index contributed by atoms with van der Waals surface area (Å²) < 4.78 is 6.06. The van der Waals surface area contributed by atoms with Crippen LogP contribution in [0.15, 0.2) is 28.7 Å². The summed E-state index contributed by atoms with van der Waals surface area (Å²) in [6, 6.07) is 7.67. The fraction of sp³-hybridized carbons (Fsp3) is 0.417. The third-order valence-corrected chi connectivity index (χ3v) is 2.23. The molecule has 0 aliphatic carbocycles. The summed E-state index contributed by atoms with van der Waals surface area (Å²) in [5.74, 6) is 0. The van der Waals surface area contributed by atoms with Gasteiger partial charge in [-0.2, -0.15) is 0 Å². The van der Waals surface area contributed by atoms with Gasteiger partial charge in [0.15, 0.2) is 0 Å². The van der Waals surface area contributed by atoms with E-state index in [2.05, 4.69) is 21.2 Å². The van der Waals surface area contributed by atoms with Gasteiger partial charge in [0.1, 0.15) is 6.61 Å². The highest BCUT2D eigenvalue weighted by molar-refractivity contribution is 9.10. The predicted octanol–water partition coefficient (Wildman–Crippen LogP) is 3.47. The molecule has 0 saturated carbocycles. The van der Waals surface area contributed by atoms with Gasteiger partial charge in [-0.3, -0.25) is 0 Å². The summed E-state index contributed by atoms with van der Waals surface area (Å²) in [5, 5.41) is 2.73. The standard InChI is InChI=1S/C12H16BrNO2/c1-12(2,3)14-11(15)16-8-9-5-4-6-10(13)7-9/h4-7H,8H2,1-3H3,(H,14,15). The van der Waals surface area contributed by atoms with Crippen LogP contribution in [0.1, 0.15) is 26.3 Å². The zero-order chi connectivity index (χ0) is 12.2. The molecule has 0 aliphatic rings. The predicted molar refractivity (Wildman–Crippen MR) is 67.2 cm³/mol. The quantitative estimate of drug-likeness (QED) is 0.904. The van der Waals surface area contributed by atoms with Crippen LogP contribution in [-0.2, 0) is 11.3 Å². The molecule has 1 aromatic rings. The molecule has 0 bridgehead atoms. The number of carbonyl (C=O) groups is 1. The van der Waals surface area contributed by atoms with Gasteiger partial charge in [-0.05, 0) is 38.5 Å². The van der Waals surface area contributed by atoms with E-state index in [0.29, 0.717) is 0 Å². The Bertz CT molecular complexity index is 372. The van der Waals surface area contributed by atoms with E-state index >= 15 is 0 Å². The van der Waals surface area contributed by atoms with Gasteiger partial charge in [0, 0.05) is 10.0 Å². The smallest absolute Gasteiger partial charge is 0.407 e. The second-order valence-corrected chi connectivity index (χ2v) is 5.50. The number of rotatable bonds is 2. The van der Waals surface area contributed by atoms with Crippen LogP contribution in [0.4, 0.5) is 4.79 Å². The van der Waals surface area contributed by atoms with Gasteiger partial charge in [-0.1, -0.05) is 28.1 Å². The van der Waals surface area contributed by atoms with Crippen LogP contribution >= 0.6 is 15.9 Å². The zero-order valence-electron chi connectivity index (χ0n) is 9.71. The number of halogens is 1. The number of carbonyl (C=O) groups excluding carboxylic acids is 1. The average Bonchev–Trinajstić information content (AvgIpc) is 2.12. The minimum absolute atomic E-state index is 0.269. The number of nitrogens with one attached hydrogen (secondary N) is 1. The van der Waals surface area contributed by atoms with E-state index in [1.54, 1.807) is 0 Å². The molecule has 0 atom stereocenters. The van der Waals surface area contributed by atoms with Crippen molar-refractivity contribution < 1.29 is 9.53 Å². The Hall–Kier alpha value is -1.03. The van der Waals surface area contributed by atoms with Gasteiger partial charge in [0.2, 0.25) is 0 Å². The molecular formula is C12H16BrNO2. The van der Waals surface area contributed by atoms with Crippen molar-refractivity contribution in [3.05, 3.63) is 34.3 Å². The topological polar surface area (TPSA) is 38.3 Å². The van der Waals surface area contributed by atoms with Gasteiger partial charge < -0.3 is 10.1 Å². The molecule has 0 heterocycles. The summed E-state index contributed by atoms with van der Waals surface area (Å²) in [7, 11) is 0. The maximum Gasteiger partial charge on any atom is 0.407 e. The summed E-state index contributed by atoms with van der Waals surface area (Å²) >= 11 is 3.36. The molecule has 0 aromatic heterocycles. The molecule has 1 amide bonds. The molecule has 0 saturated heterocycles. The number of alkyl carbamates (subject to hydrolysis) is 1. The lowest BCUT2D eigenvalue weighted by Gasteiger charge is -2.19. The van der Waals surface area contributed by atoms with Crippen molar-refractivity contribution in [2.24, 2.45) is 0 Å². The summed E-state index contributed by atoms with van der Waals surface area (Å²) in [5.41, 5.74) is 0.687. The van der Waals surface area contributed by atoms with Gasteiger partial charge >= 0.3 is 6.09 Å². The first-order valence-corrected chi connectivity index (χ1v) is 5.85. The number of amides is 1. The van der Waals surface area contributed by atoms with Crippen LogP contribution in [0.25, 0.3) is 0 Å². The third-order valence-electron chi connectivity index (χ3n) is 1.74. The lowest BCUT2D eigenvalue weighted by Crippen LogP contribution is -2.40. The average molecular weight is 286 g/mol. The minimum Gasteiger partial charge on any atom is -0.445 e. The van der Waals surface area contributed by atoms with Crippen molar-refractivity contribution in [2.45, 2.75) is 32.9 Å². The molecule has 4 heteroatoms. The number of hydrogen-bond donors (Lipinski definition) is 1. The maximum atomic E-state index is 11.4. The molecule has 0 fully saturated rings. The van der Waals surface area contributed by atoms with E-state index in [-0.39, 0.29) is 12.1 Å². The van der Waals surface area contributed by atoms with Crippen LogP contribution in [-0.4, -0.2) is 11.6 Å². The fourth-order valence-corrected chi connectivity index (χ4v) is 1.56. The molecule has 0 aliphatic heterocycles. The molecule has 3 nitrogen and oxygen atoms in total. The second-order valence-electron chi connectivity index (χ2n) is 4.58. The van der Waals surface area contributed by atoms with Crippen molar-refractivity contribution >= 4 is 22.0 Å². The molecule has 0 spiro atoms. The normalized spacial score (nSPS) is 11.0. The Morgan fingerprint density at radius 2 is 2.12 bits per heavy atom. The Balaban J connectivity index is 2.43. The summed E-state index contributed by atoms with van der Waals surface area (Å²) in [6.07, 6.45) is -0.396. The van der Waals surface area contributed by atoms with Crippen molar-refractivity contribution in [3.63, 3.8) is 0 Å². The lowest BCUT2D eigenvalue weighted by atomic mass is 10.1. The van der Waals surface area contributed by atoms with E-state index in [1.165, 1.54) is 0 Å². The maximum absolute atomic E-state index is 11.4. The van der Waals surface area contributed by atoms with Crippen LogP contribution in [0.3, 0.4) is 0 Å². The molecule has 1 rings (SSSR count). The van der Waals surface area contributed by atoms with Crippen LogP contribution in [0.5, 0.6) is 0 Å². The lowest BCUT2D eigenvalue weighted by molar-refractivity contribution is 0.131. The Morgan fingerprint density at radius 3 is 2.69 bits per heavy atom. The highest BCUT2D eigenvalue weighted by Gasteiger charge is 2.14. The third kappa shape index (κ3) is 5.16. The van der Waals surface area contributed by atoms with E-state index in [9.17, 15) is 4.79 Å². The first-order chi connectivity index (χ1) is 7.37. The fourth-order valence-electron chi connectivity index (χ4n) is 1.12. The Kier molecular flexibility index (Phi) is 4.35. The largest absolute Gasteiger partial charge is 0.445 e. The van der Waals surface area contributed by atoms with Crippen molar-refractivity contribution in [3.8, 4) is 0 Å². The number of ether oxygens (including phenoxy) is 1. The molecular weight excluding hydrogens is 270 g/mol. The molecule has 0 unspecified atom stereocenters. The SMILES string of the molecule is CC(C)(C)NC(=O)OCc1cccc(Br)c1. The zero-order valence-corrected chi connectivity index (χ0v) is 11.3.